The first kappa shape index (κ1) is 19.1. The van der Waals surface area contributed by atoms with Crippen LogP contribution >= 0.6 is 11.3 Å². The van der Waals surface area contributed by atoms with Crippen LogP contribution in [0.2, 0.25) is 0 Å². The van der Waals surface area contributed by atoms with Crippen molar-refractivity contribution in [1.29, 1.82) is 0 Å². The Balaban J connectivity index is 2.04. The van der Waals surface area contributed by atoms with Crippen molar-refractivity contribution >= 4 is 28.1 Å². The number of nitrogens with zero attached hydrogens (tertiary/aromatic N) is 3. The van der Waals surface area contributed by atoms with Crippen molar-refractivity contribution in [2.24, 2.45) is 5.10 Å². The number of hydrogen-bond donors (Lipinski definition) is 2. The van der Waals surface area contributed by atoms with Crippen molar-refractivity contribution in [2.75, 3.05) is 11.6 Å². The number of esters is 1. The maximum atomic E-state index is 13.6. The van der Waals surface area contributed by atoms with Gasteiger partial charge in [0.2, 0.25) is 5.13 Å². The number of thiazole rings is 1. The largest absolute Gasteiger partial charge is 0.507 e. The van der Waals surface area contributed by atoms with Gasteiger partial charge >= 0.3 is 12.1 Å². The lowest BCUT2D eigenvalue weighted by atomic mass is 10.0. The summed E-state index contributed by atoms with van der Waals surface area (Å²) in [7, 11) is 0. The number of rotatable bonds is 4. The van der Waals surface area contributed by atoms with Gasteiger partial charge in [-0.3, -0.25) is 0 Å². The molecule has 0 saturated carbocycles. The lowest BCUT2D eigenvalue weighted by molar-refractivity contribution is -0.254. The highest BCUT2D eigenvalue weighted by atomic mass is 32.1. The van der Waals surface area contributed by atoms with E-state index in [4.69, 9.17) is 4.74 Å². The van der Waals surface area contributed by atoms with Gasteiger partial charge in [0.1, 0.15) is 5.75 Å². The van der Waals surface area contributed by atoms with E-state index in [1.807, 2.05) is 0 Å². The lowest BCUT2D eigenvalue weighted by Gasteiger charge is -2.32. The number of carbonyl (C=O) groups excluding carboxylic acids is 1. The van der Waals surface area contributed by atoms with Gasteiger partial charge in [-0.1, -0.05) is 12.1 Å². The van der Waals surface area contributed by atoms with Crippen molar-refractivity contribution in [2.45, 2.75) is 25.2 Å². The number of aromatic hydroxyl groups is 1. The molecule has 11 heteroatoms. The molecule has 3 rings (SSSR count). The van der Waals surface area contributed by atoms with Gasteiger partial charge in [0, 0.05) is 10.9 Å². The smallest absolute Gasteiger partial charge is 0.438 e. The first-order valence-electron chi connectivity index (χ1n) is 7.75. The van der Waals surface area contributed by atoms with Crippen LogP contribution in [0.4, 0.5) is 18.3 Å². The quantitative estimate of drug-likeness (QED) is 0.765. The molecular weight excluding hydrogens is 387 g/mol. The first-order valence-corrected chi connectivity index (χ1v) is 8.63. The maximum absolute atomic E-state index is 13.6. The normalized spacial score (nSPS) is 19.9. The number of hydrogen-bond acceptors (Lipinski definition) is 8. The molecule has 1 aromatic carbocycles. The van der Waals surface area contributed by atoms with Crippen molar-refractivity contribution < 1.29 is 32.9 Å². The van der Waals surface area contributed by atoms with Crippen molar-refractivity contribution in [3.63, 3.8) is 0 Å². The zero-order valence-corrected chi connectivity index (χ0v) is 14.7. The summed E-state index contributed by atoms with van der Waals surface area (Å²) in [5, 5.41) is 25.3. The molecule has 1 aliphatic rings. The molecule has 7 nitrogen and oxygen atoms in total. The third-order valence-electron chi connectivity index (χ3n) is 3.81. The minimum atomic E-state index is -5.07. The second kappa shape index (κ2) is 6.82. The number of para-hydroxylation sites is 1. The van der Waals surface area contributed by atoms with Crippen LogP contribution < -0.4 is 5.01 Å². The average molecular weight is 401 g/mol. The topological polar surface area (TPSA) is 95.2 Å². The van der Waals surface area contributed by atoms with Crippen LogP contribution in [0.25, 0.3) is 0 Å². The molecule has 27 heavy (non-hydrogen) atoms. The molecule has 1 atom stereocenters. The second-order valence-corrected chi connectivity index (χ2v) is 6.44. The second-order valence-electron chi connectivity index (χ2n) is 5.60. The highest BCUT2D eigenvalue weighted by Gasteiger charge is 2.62. The summed E-state index contributed by atoms with van der Waals surface area (Å²) in [6.45, 7) is 1.66. The van der Waals surface area contributed by atoms with E-state index >= 15 is 0 Å². The van der Waals surface area contributed by atoms with Gasteiger partial charge in [-0.25, -0.2) is 9.78 Å². The predicted octanol–water partition coefficient (Wildman–Crippen LogP) is 2.89. The molecule has 0 bridgehead atoms. The summed E-state index contributed by atoms with van der Waals surface area (Å²) in [5.41, 5.74) is -3.66. The molecule has 0 radical (unpaired) electrons. The van der Waals surface area contributed by atoms with Gasteiger partial charge in [-0.2, -0.15) is 23.3 Å². The summed E-state index contributed by atoms with van der Waals surface area (Å²) in [6, 6.07) is 5.72. The Labute approximate surface area is 155 Å². The van der Waals surface area contributed by atoms with Gasteiger partial charge < -0.3 is 14.9 Å². The zero-order chi connectivity index (χ0) is 19.8. The average Bonchev–Trinajstić information content (AvgIpc) is 3.20. The molecule has 0 unspecified atom stereocenters. The Bertz CT molecular complexity index is 899. The van der Waals surface area contributed by atoms with Crippen molar-refractivity contribution in [1.82, 2.24) is 4.98 Å². The fraction of sp³-hybridized carbons (Fsp3) is 0.312. The molecule has 2 aromatic rings. The van der Waals surface area contributed by atoms with E-state index in [9.17, 15) is 28.2 Å². The number of halogens is 3. The lowest BCUT2D eigenvalue weighted by Crippen LogP contribution is -2.55. The van der Waals surface area contributed by atoms with Crippen molar-refractivity contribution in [3.05, 3.63) is 40.9 Å². The molecule has 0 saturated heterocycles. The summed E-state index contributed by atoms with van der Waals surface area (Å²) in [6.07, 6.45) is -5.99. The third-order valence-corrected chi connectivity index (χ3v) is 4.63. The van der Waals surface area contributed by atoms with E-state index in [0.29, 0.717) is 16.3 Å². The van der Waals surface area contributed by atoms with Crippen LogP contribution in [-0.2, 0) is 4.74 Å². The van der Waals surface area contributed by atoms with Crippen LogP contribution in [0.15, 0.2) is 34.7 Å². The Morgan fingerprint density at radius 3 is 2.74 bits per heavy atom. The van der Waals surface area contributed by atoms with Gasteiger partial charge in [0.05, 0.1) is 18.7 Å². The van der Waals surface area contributed by atoms with Crippen LogP contribution in [0.5, 0.6) is 5.75 Å². The Morgan fingerprint density at radius 2 is 2.11 bits per heavy atom. The Kier molecular flexibility index (Phi) is 4.82. The number of aliphatic hydroxyl groups is 1. The van der Waals surface area contributed by atoms with Crippen LogP contribution in [0.1, 0.15) is 29.4 Å². The molecule has 1 aromatic heterocycles. The van der Waals surface area contributed by atoms with E-state index in [-0.39, 0.29) is 34.5 Å². The number of phenolic OH excluding ortho intramolecular Hbond substituents is 1. The van der Waals surface area contributed by atoms with Gasteiger partial charge in [0.15, 0.2) is 5.69 Å². The number of ether oxygens (including phenoxy) is 1. The van der Waals surface area contributed by atoms with Gasteiger partial charge in [0.25, 0.3) is 5.72 Å². The molecule has 2 N–H and O–H groups in total. The highest BCUT2D eigenvalue weighted by molar-refractivity contribution is 7.14. The number of carbonyl (C=O) groups is 1. The predicted molar refractivity (Wildman–Crippen MR) is 90.8 cm³/mol. The van der Waals surface area contributed by atoms with E-state index in [1.54, 1.807) is 6.92 Å². The van der Waals surface area contributed by atoms with E-state index in [0.717, 1.165) is 0 Å². The fourth-order valence-corrected chi connectivity index (χ4v) is 3.30. The van der Waals surface area contributed by atoms with Crippen molar-refractivity contribution in [3.8, 4) is 5.75 Å². The standard InChI is InChI=1S/C16H14F3N3O4S/c1-2-26-13(24)11-8-27-14(20-11)22-15(25,16(17,18)19)7-10(21-22)9-5-3-4-6-12(9)23/h3-6,8,23,25H,2,7H2,1H3/t15-/m1/s1. The summed E-state index contributed by atoms with van der Waals surface area (Å²) >= 11 is 0.705. The van der Waals surface area contributed by atoms with E-state index < -0.39 is 24.3 Å². The van der Waals surface area contributed by atoms with Gasteiger partial charge in [-0.05, 0) is 19.1 Å². The monoisotopic (exact) mass is 401 g/mol. The number of benzene rings is 1. The summed E-state index contributed by atoms with van der Waals surface area (Å²) < 4.78 is 45.6. The summed E-state index contributed by atoms with van der Waals surface area (Å²) in [5.74, 6) is -1.06. The number of anilines is 1. The number of alkyl halides is 3. The summed E-state index contributed by atoms with van der Waals surface area (Å²) in [4.78, 5) is 15.5. The Morgan fingerprint density at radius 1 is 1.41 bits per heavy atom. The Hall–Kier alpha value is -2.66. The van der Waals surface area contributed by atoms with E-state index in [1.165, 1.54) is 29.6 Å². The number of aromatic nitrogens is 1. The molecule has 0 fully saturated rings. The van der Waals surface area contributed by atoms with Crippen LogP contribution in [0.3, 0.4) is 0 Å². The number of hydrazone groups is 1. The minimum Gasteiger partial charge on any atom is -0.507 e. The molecule has 2 heterocycles. The fourth-order valence-electron chi connectivity index (χ4n) is 2.50. The molecule has 0 aliphatic carbocycles. The van der Waals surface area contributed by atoms with Gasteiger partial charge in [-0.15, -0.1) is 11.3 Å². The molecule has 0 spiro atoms. The third kappa shape index (κ3) is 3.35. The highest BCUT2D eigenvalue weighted by Crippen LogP contribution is 2.45. The van der Waals surface area contributed by atoms with Crippen LogP contribution in [0, 0.1) is 0 Å². The van der Waals surface area contributed by atoms with Crippen LogP contribution in [-0.4, -0.2) is 45.4 Å². The number of phenols is 1. The SMILES string of the molecule is CCOC(=O)c1csc(N2N=C(c3ccccc3O)C[C@@]2(O)C(F)(F)F)n1. The van der Waals surface area contributed by atoms with E-state index in [2.05, 4.69) is 10.1 Å². The molecule has 1 aliphatic heterocycles. The maximum Gasteiger partial charge on any atom is 0.438 e. The molecule has 144 valence electrons. The zero-order valence-electron chi connectivity index (χ0n) is 13.9. The first-order chi connectivity index (χ1) is 12.7. The molecular formula is C16H14F3N3O4S. The molecule has 0 amide bonds. The minimum absolute atomic E-state index is 0.0600.